The Hall–Kier alpha value is -2.86. The number of carboxylic acids is 1. The van der Waals surface area contributed by atoms with Gasteiger partial charge in [-0.2, -0.15) is 0 Å². The van der Waals surface area contributed by atoms with E-state index in [9.17, 15) is 9.59 Å². The van der Waals surface area contributed by atoms with Crippen LogP contribution in [0.5, 0.6) is 5.75 Å². The molecule has 6 heteroatoms. The van der Waals surface area contributed by atoms with Crippen LogP contribution in [0.25, 0.3) is 0 Å². The second-order valence-electron chi connectivity index (χ2n) is 6.15. The molecule has 6 nitrogen and oxygen atoms in total. The van der Waals surface area contributed by atoms with Gasteiger partial charge in [0.15, 0.2) is 0 Å². The van der Waals surface area contributed by atoms with Crippen LogP contribution in [-0.2, 0) is 11.3 Å². The van der Waals surface area contributed by atoms with E-state index in [1.54, 1.807) is 24.3 Å². The van der Waals surface area contributed by atoms with Crippen molar-refractivity contribution in [3.05, 3.63) is 59.7 Å². The van der Waals surface area contributed by atoms with E-state index in [0.717, 1.165) is 25.3 Å². The van der Waals surface area contributed by atoms with E-state index < -0.39 is 5.97 Å². The molecule has 0 atom stereocenters. The molecule has 0 aliphatic carbocycles. The summed E-state index contributed by atoms with van der Waals surface area (Å²) in [5, 5.41) is 11.7. The minimum absolute atomic E-state index is 0.0719. The fraction of sp³-hybridized carbons (Fsp3) is 0.263. The molecule has 1 amide bonds. The molecule has 1 aliphatic rings. The largest absolute Gasteiger partial charge is 0.488 e. The van der Waals surface area contributed by atoms with Gasteiger partial charge in [0.25, 0.3) is 0 Å². The minimum atomic E-state index is -0.955. The number of amides is 1. The predicted octanol–water partition coefficient (Wildman–Crippen LogP) is 2.61. The molecule has 0 spiro atoms. The maximum atomic E-state index is 11.0. The van der Waals surface area contributed by atoms with Gasteiger partial charge in [0, 0.05) is 32.2 Å². The average molecular weight is 340 g/mol. The quantitative estimate of drug-likeness (QED) is 0.845. The van der Waals surface area contributed by atoms with Gasteiger partial charge in [-0.15, -0.1) is 0 Å². The number of rotatable bonds is 6. The number of nitrogens with zero attached hydrogens (tertiary/aromatic N) is 1. The van der Waals surface area contributed by atoms with Crippen LogP contribution < -0.4 is 10.1 Å². The zero-order chi connectivity index (χ0) is 17.8. The van der Waals surface area contributed by atoms with Gasteiger partial charge >= 0.3 is 5.97 Å². The summed E-state index contributed by atoms with van der Waals surface area (Å²) in [6.45, 7) is 3.89. The summed E-state index contributed by atoms with van der Waals surface area (Å²) in [6.07, 6.45) is 0.0719. The summed E-state index contributed by atoms with van der Waals surface area (Å²) in [6, 6.07) is 14.3. The van der Waals surface area contributed by atoms with Crippen molar-refractivity contribution in [3.8, 4) is 5.75 Å². The summed E-state index contributed by atoms with van der Waals surface area (Å²) in [5.41, 5.74) is 2.19. The highest BCUT2D eigenvalue weighted by Crippen LogP contribution is 2.21. The van der Waals surface area contributed by atoms with Crippen molar-refractivity contribution in [2.75, 3.05) is 18.4 Å². The summed E-state index contributed by atoms with van der Waals surface area (Å²) in [5.74, 6) is -0.449. The third-order valence-electron chi connectivity index (χ3n) is 3.99. The van der Waals surface area contributed by atoms with E-state index in [1.807, 2.05) is 24.3 Å². The van der Waals surface area contributed by atoms with Crippen molar-refractivity contribution in [1.82, 2.24) is 4.90 Å². The monoisotopic (exact) mass is 340 g/mol. The third-order valence-corrected chi connectivity index (χ3v) is 3.99. The van der Waals surface area contributed by atoms with Gasteiger partial charge < -0.3 is 15.2 Å². The number of likely N-dealkylation sites (tertiary alicyclic amines) is 1. The molecule has 1 saturated heterocycles. The van der Waals surface area contributed by atoms with E-state index in [1.165, 1.54) is 12.5 Å². The first kappa shape index (κ1) is 17.0. The van der Waals surface area contributed by atoms with Crippen LogP contribution >= 0.6 is 0 Å². The second kappa shape index (κ2) is 7.36. The topological polar surface area (TPSA) is 78.9 Å². The number of carbonyl (C=O) groups is 2. The third kappa shape index (κ3) is 4.58. The Balaban J connectivity index is 1.47. The Morgan fingerprint density at radius 2 is 1.92 bits per heavy atom. The van der Waals surface area contributed by atoms with Crippen molar-refractivity contribution in [3.63, 3.8) is 0 Å². The number of carboxylic acid groups (broad SMARTS) is 1. The van der Waals surface area contributed by atoms with Gasteiger partial charge in [0.1, 0.15) is 11.9 Å². The minimum Gasteiger partial charge on any atom is -0.488 e. The normalized spacial score (nSPS) is 14.6. The molecule has 0 unspecified atom stereocenters. The molecule has 3 rings (SSSR count). The van der Waals surface area contributed by atoms with Gasteiger partial charge in [-0.1, -0.05) is 18.2 Å². The summed E-state index contributed by atoms with van der Waals surface area (Å²) in [7, 11) is 0. The molecular weight excluding hydrogens is 320 g/mol. The van der Waals surface area contributed by atoms with Crippen LogP contribution in [0.1, 0.15) is 22.8 Å². The Kier molecular flexibility index (Phi) is 5.00. The molecule has 0 aromatic heterocycles. The maximum absolute atomic E-state index is 11.0. The molecule has 1 fully saturated rings. The van der Waals surface area contributed by atoms with E-state index in [2.05, 4.69) is 10.2 Å². The van der Waals surface area contributed by atoms with Crippen molar-refractivity contribution < 1.29 is 19.4 Å². The number of carbonyl (C=O) groups excluding carboxylic acids is 1. The van der Waals surface area contributed by atoms with E-state index in [4.69, 9.17) is 9.84 Å². The molecule has 130 valence electrons. The van der Waals surface area contributed by atoms with Gasteiger partial charge in [0.05, 0.1) is 5.56 Å². The fourth-order valence-corrected chi connectivity index (χ4v) is 2.78. The lowest BCUT2D eigenvalue weighted by Crippen LogP contribution is -2.53. The fourth-order valence-electron chi connectivity index (χ4n) is 2.78. The Bertz CT molecular complexity index is 767. The van der Waals surface area contributed by atoms with Crippen LogP contribution in [0.15, 0.2) is 48.5 Å². The summed E-state index contributed by atoms with van der Waals surface area (Å²) >= 11 is 0. The Morgan fingerprint density at radius 3 is 2.56 bits per heavy atom. The standard InChI is InChI=1S/C19H20N2O4/c1-13(22)20-16-7-5-14(6-8-16)10-21-11-18(12-21)25-17-4-2-3-15(9-17)19(23)24/h2-9,18H,10-12H2,1H3,(H,20,22)(H,23,24). The maximum Gasteiger partial charge on any atom is 0.335 e. The van der Waals surface area contributed by atoms with Gasteiger partial charge in [-0.3, -0.25) is 9.69 Å². The lowest BCUT2D eigenvalue weighted by Gasteiger charge is -2.39. The molecular formula is C19H20N2O4. The van der Waals surface area contributed by atoms with E-state index in [0.29, 0.717) is 5.75 Å². The zero-order valence-corrected chi connectivity index (χ0v) is 13.9. The summed E-state index contributed by atoms with van der Waals surface area (Å²) in [4.78, 5) is 24.2. The lowest BCUT2D eigenvalue weighted by molar-refractivity contribution is -0.114. The Morgan fingerprint density at radius 1 is 1.20 bits per heavy atom. The first-order chi connectivity index (χ1) is 12.0. The molecule has 25 heavy (non-hydrogen) atoms. The molecule has 2 N–H and O–H groups in total. The first-order valence-corrected chi connectivity index (χ1v) is 8.08. The molecule has 0 saturated carbocycles. The zero-order valence-electron chi connectivity index (χ0n) is 13.9. The van der Waals surface area contributed by atoms with Crippen molar-refractivity contribution in [2.24, 2.45) is 0 Å². The number of hydrogen-bond acceptors (Lipinski definition) is 4. The molecule has 1 aliphatic heterocycles. The van der Waals surface area contributed by atoms with Crippen molar-refractivity contribution >= 4 is 17.6 Å². The molecule has 1 heterocycles. The van der Waals surface area contributed by atoms with Crippen LogP contribution in [-0.4, -0.2) is 41.1 Å². The van der Waals surface area contributed by atoms with Crippen molar-refractivity contribution in [2.45, 2.75) is 19.6 Å². The van der Waals surface area contributed by atoms with Crippen LogP contribution in [0.4, 0.5) is 5.69 Å². The Labute approximate surface area is 146 Å². The van der Waals surface area contributed by atoms with E-state index >= 15 is 0 Å². The number of ether oxygens (including phenoxy) is 1. The number of anilines is 1. The average Bonchev–Trinajstić information content (AvgIpc) is 2.54. The highest BCUT2D eigenvalue weighted by Gasteiger charge is 2.28. The smallest absolute Gasteiger partial charge is 0.335 e. The number of benzene rings is 2. The van der Waals surface area contributed by atoms with Crippen LogP contribution in [0.2, 0.25) is 0 Å². The predicted molar refractivity (Wildman–Crippen MR) is 93.8 cm³/mol. The first-order valence-electron chi connectivity index (χ1n) is 8.08. The highest BCUT2D eigenvalue weighted by molar-refractivity contribution is 5.88. The molecule has 0 radical (unpaired) electrons. The van der Waals surface area contributed by atoms with Crippen LogP contribution in [0, 0.1) is 0 Å². The SMILES string of the molecule is CC(=O)Nc1ccc(CN2CC(Oc3cccc(C(=O)O)c3)C2)cc1. The lowest BCUT2D eigenvalue weighted by atomic mass is 10.1. The van der Waals surface area contributed by atoms with Gasteiger partial charge in [0.2, 0.25) is 5.91 Å². The number of nitrogens with one attached hydrogen (secondary N) is 1. The van der Waals surface area contributed by atoms with Crippen LogP contribution in [0.3, 0.4) is 0 Å². The molecule has 2 aromatic carbocycles. The van der Waals surface area contributed by atoms with Crippen molar-refractivity contribution in [1.29, 1.82) is 0 Å². The second-order valence-corrected chi connectivity index (χ2v) is 6.15. The van der Waals surface area contributed by atoms with Gasteiger partial charge in [-0.25, -0.2) is 4.79 Å². The number of hydrogen-bond donors (Lipinski definition) is 2. The highest BCUT2D eigenvalue weighted by atomic mass is 16.5. The number of aromatic carboxylic acids is 1. The van der Waals surface area contributed by atoms with E-state index in [-0.39, 0.29) is 17.6 Å². The van der Waals surface area contributed by atoms with Gasteiger partial charge in [-0.05, 0) is 35.9 Å². The molecule has 2 aromatic rings. The summed E-state index contributed by atoms with van der Waals surface area (Å²) < 4.78 is 5.82. The molecule has 0 bridgehead atoms.